The second kappa shape index (κ2) is 6.66. The predicted octanol–water partition coefficient (Wildman–Crippen LogP) is 1.74. The molecule has 0 bridgehead atoms. The number of nitrogens with zero attached hydrogens (tertiary/aromatic N) is 2. The van der Waals surface area contributed by atoms with E-state index in [2.05, 4.69) is 25.9 Å². The third-order valence-corrected chi connectivity index (χ3v) is 2.91. The van der Waals surface area contributed by atoms with Gasteiger partial charge in [-0.25, -0.2) is 4.98 Å². The highest BCUT2D eigenvalue weighted by Gasteiger charge is 2.04. The summed E-state index contributed by atoms with van der Waals surface area (Å²) in [6, 6.07) is 1.67. The van der Waals surface area contributed by atoms with Gasteiger partial charge in [-0.05, 0) is 12.5 Å². The summed E-state index contributed by atoms with van der Waals surface area (Å²) in [6.07, 6.45) is 2.66. The van der Waals surface area contributed by atoms with Crippen molar-refractivity contribution in [3.05, 3.63) is 22.3 Å². The van der Waals surface area contributed by atoms with E-state index in [9.17, 15) is 0 Å². The quantitative estimate of drug-likeness (QED) is 0.739. The van der Waals surface area contributed by atoms with Gasteiger partial charge in [-0.2, -0.15) is 0 Å². The van der Waals surface area contributed by atoms with E-state index in [1.807, 2.05) is 0 Å². The fraction of sp³-hybridized carbons (Fsp3) is 0.455. The van der Waals surface area contributed by atoms with Gasteiger partial charge in [-0.1, -0.05) is 23.2 Å². The molecule has 0 saturated heterocycles. The Morgan fingerprint density at radius 3 is 2.83 bits per heavy atom. The topological polar surface area (TPSA) is 61.3 Å². The first kappa shape index (κ1) is 13.2. The molecule has 0 atom stereocenters. The summed E-state index contributed by atoms with van der Waals surface area (Å²) < 4.78 is 0. The van der Waals surface area contributed by atoms with Crippen LogP contribution in [0.2, 0.25) is 10.0 Å². The summed E-state index contributed by atoms with van der Waals surface area (Å²) in [5.74, 6) is 1.50. The van der Waals surface area contributed by atoms with Crippen molar-refractivity contribution in [3.8, 4) is 0 Å². The normalized spacial score (nSPS) is 14.7. The molecule has 0 fully saturated rings. The average molecular weight is 288 g/mol. The third kappa shape index (κ3) is 3.92. The number of hydrogen-bond donors (Lipinski definition) is 3. The zero-order chi connectivity index (χ0) is 12.8. The maximum atomic E-state index is 5.99. The molecule has 0 radical (unpaired) electrons. The molecule has 18 heavy (non-hydrogen) atoms. The van der Waals surface area contributed by atoms with E-state index in [-0.39, 0.29) is 0 Å². The Balaban J connectivity index is 1.73. The number of nitrogens with one attached hydrogen (secondary N) is 3. The van der Waals surface area contributed by atoms with Crippen LogP contribution in [-0.4, -0.2) is 37.1 Å². The standard InChI is InChI=1S/C11H15Cl2N5/c12-8-6-9(13)10(18-7-8)14-4-5-17-11-15-2-1-3-16-11/h6-7H,1-5H2,(H,14,18)(H2,15,16,17). The minimum atomic E-state index is 0.524. The van der Waals surface area contributed by atoms with E-state index >= 15 is 0 Å². The molecule has 0 unspecified atom stereocenters. The molecule has 2 rings (SSSR count). The number of hydrogen-bond acceptors (Lipinski definition) is 5. The molecule has 0 saturated carbocycles. The average Bonchev–Trinajstić information content (AvgIpc) is 2.38. The summed E-state index contributed by atoms with van der Waals surface area (Å²) >= 11 is 11.8. The lowest BCUT2D eigenvalue weighted by Crippen LogP contribution is -2.42. The highest BCUT2D eigenvalue weighted by Crippen LogP contribution is 2.21. The second-order valence-corrected chi connectivity index (χ2v) is 4.69. The lowest BCUT2D eigenvalue weighted by atomic mass is 10.4. The molecule has 5 nitrogen and oxygen atoms in total. The van der Waals surface area contributed by atoms with Gasteiger partial charge < -0.3 is 16.0 Å². The van der Waals surface area contributed by atoms with Gasteiger partial charge in [0.15, 0.2) is 5.96 Å². The molecule has 0 aliphatic carbocycles. The molecule has 1 aliphatic heterocycles. The first-order chi connectivity index (χ1) is 8.75. The highest BCUT2D eigenvalue weighted by molar-refractivity contribution is 6.35. The molecule has 1 aromatic rings. The van der Waals surface area contributed by atoms with E-state index in [0.29, 0.717) is 22.4 Å². The van der Waals surface area contributed by atoms with E-state index in [4.69, 9.17) is 23.2 Å². The van der Waals surface area contributed by atoms with Crippen molar-refractivity contribution in [1.82, 2.24) is 15.6 Å². The monoisotopic (exact) mass is 287 g/mol. The van der Waals surface area contributed by atoms with Crippen molar-refractivity contribution in [2.24, 2.45) is 4.99 Å². The van der Waals surface area contributed by atoms with Crippen LogP contribution in [-0.2, 0) is 0 Å². The smallest absolute Gasteiger partial charge is 0.191 e. The van der Waals surface area contributed by atoms with Crippen molar-refractivity contribution >= 4 is 35.0 Å². The van der Waals surface area contributed by atoms with Crippen LogP contribution in [0.15, 0.2) is 17.3 Å². The molecule has 1 aromatic heterocycles. The number of rotatable bonds is 4. The summed E-state index contributed by atoms with van der Waals surface area (Å²) in [5, 5.41) is 10.6. The molecule has 0 spiro atoms. The van der Waals surface area contributed by atoms with Gasteiger partial charge in [0, 0.05) is 32.4 Å². The Morgan fingerprint density at radius 1 is 1.28 bits per heavy atom. The summed E-state index contributed by atoms with van der Waals surface area (Å²) in [5.41, 5.74) is 0. The van der Waals surface area contributed by atoms with Gasteiger partial charge in [0.1, 0.15) is 5.82 Å². The summed E-state index contributed by atoms with van der Waals surface area (Å²) in [4.78, 5) is 8.42. The zero-order valence-electron chi connectivity index (χ0n) is 9.84. The number of guanidine groups is 1. The SMILES string of the molecule is Clc1cnc(NCCNC2=NCCCN2)c(Cl)c1. The summed E-state index contributed by atoms with van der Waals surface area (Å²) in [6.45, 7) is 3.30. The fourth-order valence-electron chi connectivity index (χ4n) is 1.56. The van der Waals surface area contributed by atoms with Gasteiger partial charge in [0.05, 0.1) is 10.0 Å². The molecule has 0 aromatic carbocycles. The van der Waals surface area contributed by atoms with Crippen LogP contribution in [0.4, 0.5) is 5.82 Å². The van der Waals surface area contributed by atoms with Crippen LogP contribution in [0.3, 0.4) is 0 Å². The molecular weight excluding hydrogens is 273 g/mol. The van der Waals surface area contributed by atoms with Crippen LogP contribution in [0.1, 0.15) is 6.42 Å². The van der Waals surface area contributed by atoms with E-state index in [1.54, 1.807) is 12.3 Å². The van der Waals surface area contributed by atoms with Gasteiger partial charge in [0.2, 0.25) is 0 Å². The van der Waals surface area contributed by atoms with Crippen molar-refractivity contribution < 1.29 is 0 Å². The first-order valence-corrected chi connectivity index (χ1v) is 6.58. The minimum absolute atomic E-state index is 0.524. The zero-order valence-corrected chi connectivity index (χ0v) is 11.4. The van der Waals surface area contributed by atoms with Gasteiger partial charge in [0.25, 0.3) is 0 Å². The number of aromatic nitrogens is 1. The maximum absolute atomic E-state index is 5.99. The highest BCUT2D eigenvalue weighted by atomic mass is 35.5. The van der Waals surface area contributed by atoms with Gasteiger partial charge in [-0.15, -0.1) is 0 Å². The minimum Gasteiger partial charge on any atom is -0.367 e. The van der Waals surface area contributed by atoms with Crippen LogP contribution < -0.4 is 16.0 Å². The second-order valence-electron chi connectivity index (χ2n) is 3.85. The van der Waals surface area contributed by atoms with Crippen molar-refractivity contribution in [3.63, 3.8) is 0 Å². The molecule has 1 aliphatic rings. The lowest BCUT2D eigenvalue weighted by Gasteiger charge is -2.16. The van der Waals surface area contributed by atoms with Crippen LogP contribution in [0.25, 0.3) is 0 Å². The van der Waals surface area contributed by atoms with Gasteiger partial charge >= 0.3 is 0 Å². The number of anilines is 1. The molecule has 3 N–H and O–H groups in total. The largest absolute Gasteiger partial charge is 0.367 e. The Hall–Kier alpha value is -1.20. The predicted molar refractivity (Wildman–Crippen MR) is 75.7 cm³/mol. The Bertz CT molecular complexity index is 435. The molecule has 7 heteroatoms. The number of halogens is 2. The fourth-order valence-corrected chi connectivity index (χ4v) is 2.00. The maximum Gasteiger partial charge on any atom is 0.191 e. The summed E-state index contributed by atoms with van der Waals surface area (Å²) in [7, 11) is 0. The first-order valence-electron chi connectivity index (χ1n) is 5.83. The van der Waals surface area contributed by atoms with Crippen LogP contribution in [0.5, 0.6) is 0 Å². The van der Waals surface area contributed by atoms with Crippen molar-refractivity contribution in [2.45, 2.75) is 6.42 Å². The van der Waals surface area contributed by atoms with Gasteiger partial charge in [-0.3, -0.25) is 4.99 Å². The molecule has 0 amide bonds. The molecule has 2 heterocycles. The number of pyridine rings is 1. The van der Waals surface area contributed by atoms with Crippen molar-refractivity contribution in [1.29, 1.82) is 0 Å². The number of aliphatic imine (C=N–C) groups is 1. The van der Waals surface area contributed by atoms with E-state index in [0.717, 1.165) is 32.0 Å². The molecule has 98 valence electrons. The Kier molecular flexibility index (Phi) is 4.90. The van der Waals surface area contributed by atoms with E-state index in [1.165, 1.54) is 0 Å². The Labute approximate surface area is 116 Å². The lowest BCUT2D eigenvalue weighted by molar-refractivity contribution is 0.705. The van der Waals surface area contributed by atoms with Crippen molar-refractivity contribution in [2.75, 3.05) is 31.5 Å². The molecular formula is C11H15Cl2N5. The van der Waals surface area contributed by atoms with Crippen LogP contribution >= 0.6 is 23.2 Å². The van der Waals surface area contributed by atoms with Crippen LogP contribution in [0, 0.1) is 0 Å². The Morgan fingerprint density at radius 2 is 2.11 bits per heavy atom. The van der Waals surface area contributed by atoms with E-state index < -0.39 is 0 Å². The third-order valence-electron chi connectivity index (χ3n) is 2.41.